The van der Waals surface area contributed by atoms with Gasteiger partial charge in [-0.1, -0.05) is 35.9 Å². The highest BCUT2D eigenvalue weighted by Crippen LogP contribution is 2.29. The van der Waals surface area contributed by atoms with Gasteiger partial charge in [-0.25, -0.2) is 0 Å². The van der Waals surface area contributed by atoms with Gasteiger partial charge in [0.2, 0.25) is 0 Å². The van der Waals surface area contributed by atoms with E-state index in [0.717, 1.165) is 38.7 Å². The largest absolute Gasteiger partial charge is 0.493 e. The first-order valence-corrected chi connectivity index (χ1v) is 10.4. The monoisotopic (exact) mass is 438 g/mol. The highest BCUT2D eigenvalue weighted by atomic mass is 35.5. The highest BCUT2D eigenvalue weighted by molar-refractivity contribution is 6.31. The number of halogens is 1. The van der Waals surface area contributed by atoms with Crippen LogP contribution in [0.4, 0.5) is 11.4 Å². The number of anilines is 2. The van der Waals surface area contributed by atoms with Crippen molar-refractivity contribution in [2.45, 2.75) is 27.3 Å². The summed E-state index contributed by atoms with van der Waals surface area (Å²) in [6.45, 7) is 6.46. The topological polar surface area (TPSA) is 59.6 Å². The standard InChI is InChI=1S/C25H27ClN2O3/c1-16-7-5-10-22(17(16)2)28-25(29)15-31-23-12-11-19(13-24(23)30-4)14-27-21-9-6-8-20(26)18(21)3/h5-13,27H,14-15H2,1-4H3,(H,28,29). The first kappa shape index (κ1) is 22.5. The van der Waals surface area contributed by atoms with E-state index in [-0.39, 0.29) is 12.5 Å². The van der Waals surface area contributed by atoms with Gasteiger partial charge in [-0.15, -0.1) is 0 Å². The summed E-state index contributed by atoms with van der Waals surface area (Å²) in [5, 5.41) is 7.00. The number of carbonyl (C=O) groups excluding carboxylic acids is 1. The van der Waals surface area contributed by atoms with Crippen molar-refractivity contribution in [2.75, 3.05) is 24.4 Å². The molecule has 0 heterocycles. The summed E-state index contributed by atoms with van der Waals surface area (Å²) in [5.74, 6) is 0.862. The van der Waals surface area contributed by atoms with Crippen LogP contribution in [0.1, 0.15) is 22.3 Å². The summed E-state index contributed by atoms with van der Waals surface area (Å²) >= 11 is 6.18. The van der Waals surface area contributed by atoms with Gasteiger partial charge in [-0.3, -0.25) is 4.79 Å². The summed E-state index contributed by atoms with van der Waals surface area (Å²) in [7, 11) is 1.58. The van der Waals surface area contributed by atoms with Gasteiger partial charge in [0.05, 0.1) is 7.11 Å². The summed E-state index contributed by atoms with van der Waals surface area (Å²) in [6, 6.07) is 17.2. The Bertz CT molecular complexity index is 1080. The molecule has 0 aliphatic heterocycles. The molecule has 0 atom stereocenters. The molecule has 0 aliphatic rings. The van der Waals surface area contributed by atoms with E-state index in [9.17, 15) is 4.79 Å². The van der Waals surface area contributed by atoms with Crippen molar-refractivity contribution in [3.63, 3.8) is 0 Å². The quantitative estimate of drug-likeness (QED) is 0.459. The average molecular weight is 439 g/mol. The number of rotatable bonds is 8. The molecule has 2 N–H and O–H groups in total. The maximum atomic E-state index is 12.3. The number of amides is 1. The lowest BCUT2D eigenvalue weighted by Gasteiger charge is -2.15. The normalized spacial score (nSPS) is 10.5. The molecule has 0 fully saturated rings. The summed E-state index contributed by atoms with van der Waals surface area (Å²) in [4.78, 5) is 12.3. The van der Waals surface area contributed by atoms with Gasteiger partial charge >= 0.3 is 0 Å². The highest BCUT2D eigenvalue weighted by Gasteiger charge is 2.11. The lowest BCUT2D eigenvalue weighted by Crippen LogP contribution is -2.21. The van der Waals surface area contributed by atoms with E-state index < -0.39 is 0 Å². The third kappa shape index (κ3) is 5.70. The van der Waals surface area contributed by atoms with E-state index in [0.29, 0.717) is 18.0 Å². The number of hydrogen-bond donors (Lipinski definition) is 2. The SMILES string of the molecule is COc1cc(CNc2cccc(Cl)c2C)ccc1OCC(=O)Nc1cccc(C)c1C. The number of hydrogen-bond acceptors (Lipinski definition) is 4. The van der Waals surface area contributed by atoms with Gasteiger partial charge in [0, 0.05) is 22.9 Å². The van der Waals surface area contributed by atoms with Crippen molar-refractivity contribution in [1.82, 2.24) is 0 Å². The molecule has 0 unspecified atom stereocenters. The number of benzene rings is 3. The molecule has 0 aromatic heterocycles. The molecular formula is C25H27ClN2O3. The van der Waals surface area contributed by atoms with E-state index in [1.54, 1.807) is 7.11 Å². The molecule has 31 heavy (non-hydrogen) atoms. The van der Waals surface area contributed by atoms with E-state index in [2.05, 4.69) is 10.6 Å². The predicted molar refractivity (Wildman–Crippen MR) is 127 cm³/mol. The van der Waals surface area contributed by atoms with Crippen LogP contribution in [0.15, 0.2) is 54.6 Å². The van der Waals surface area contributed by atoms with Gasteiger partial charge in [0.1, 0.15) is 0 Å². The first-order chi connectivity index (χ1) is 14.9. The van der Waals surface area contributed by atoms with Gasteiger partial charge in [-0.05, 0) is 73.4 Å². The minimum Gasteiger partial charge on any atom is -0.493 e. The zero-order valence-corrected chi connectivity index (χ0v) is 19.0. The molecule has 5 nitrogen and oxygen atoms in total. The summed E-state index contributed by atoms with van der Waals surface area (Å²) < 4.78 is 11.2. The molecular weight excluding hydrogens is 412 g/mol. The maximum Gasteiger partial charge on any atom is 0.262 e. The molecule has 0 saturated carbocycles. The second kappa shape index (κ2) is 10.2. The van der Waals surface area contributed by atoms with Crippen LogP contribution >= 0.6 is 11.6 Å². The lowest BCUT2D eigenvalue weighted by molar-refractivity contribution is -0.118. The van der Waals surface area contributed by atoms with Crippen LogP contribution in [0, 0.1) is 20.8 Å². The Morgan fingerprint density at radius 2 is 1.68 bits per heavy atom. The fraction of sp³-hybridized carbons (Fsp3) is 0.240. The van der Waals surface area contributed by atoms with Crippen molar-refractivity contribution in [3.05, 3.63) is 81.9 Å². The van der Waals surface area contributed by atoms with Crippen molar-refractivity contribution >= 4 is 28.9 Å². The van der Waals surface area contributed by atoms with E-state index in [1.165, 1.54) is 0 Å². The maximum absolute atomic E-state index is 12.3. The summed E-state index contributed by atoms with van der Waals surface area (Å²) in [5.41, 5.74) is 5.96. The van der Waals surface area contributed by atoms with Crippen molar-refractivity contribution in [2.24, 2.45) is 0 Å². The Morgan fingerprint density at radius 1 is 0.935 bits per heavy atom. The van der Waals surface area contributed by atoms with Gasteiger partial charge < -0.3 is 20.1 Å². The Labute approximate surface area is 188 Å². The fourth-order valence-corrected chi connectivity index (χ4v) is 3.33. The molecule has 3 aromatic rings. The third-order valence-electron chi connectivity index (χ3n) is 5.22. The second-order valence-electron chi connectivity index (χ2n) is 7.34. The molecule has 0 bridgehead atoms. The molecule has 3 aromatic carbocycles. The number of aryl methyl sites for hydroxylation is 1. The lowest BCUT2D eigenvalue weighted by atomic mass is 10.1. The number of methoxy groups -OCH3 is 1. The summed E-state index contributed by atoms with van der Waals surface area (Å²) in [6.07, 6.45) is 0. The number of ether oxygens (including phenoxy) is 2. The van der Waals surface area contributed by atoms with Crippen molar-refractivity contribution in [3.8, 4) is 11.5 Å². The van der Waals surface area contributed by atoms with Gasteiger partial charge in [-0.2, -0.15) is 0 Å². The number of nitrogens with one attached hydrogen (secondary N) is 2. The molecule has 0 aliphatic carbocycles. The predicted octanol–water partition coefficient (Wildman–Crippen LogP) is 5.90. The fourth-order valence-electron chi connectivity index (χ4n) is 3.15. The zero-order valence-electron chi connectivity index (χ0n) is 18.2. The Balaban J connectivity index is 1.61. The van der Waals surface area contributed by atoms with E-state index >= 15 is 0 Å². The van der Waals surface area contributed by atoms with Crippen LogP contribution in [0.5, 0.6) is 11.5 Å². The molecule has 162 valence electrons. The average Bonchev–Trinajstić information content (AvgIpc) is 2.76. The molecule has 0 spiro atoms. The van der Waals surface area contributed by atoms with Crippen molar-refractivity contribution in [1.29, 1.82) is 0 Å². The Kier molecular flexibility index (Phi) is 7.42. The van der Waals surface area contributed by atoms with E-state index in [4.69, 9.17) is 21.1 Å². The van der Waals surface area contributed by atoms with Gasteiger partial charge in [0.15, 0.2) is 18.1 Å². The van der Waals surface area contributed by atoms with Crippen LogP contribution in [0.25, 0.3) is 0 Å². The number of carbonyl (C=O) groups is 1. The second-order valence-corrected chi connectivity index (χ2v) is 7.74. The van der Waals surface area contributed by atoms with Crippen LogP contribution in [-0.2, 0) is 11.3 Å². The smallest absolute Gasteiger partial charge is 0.262 e. The minimum absolute atomic E-state index is 0.108. The molecule has 0 saturated heterocycles. The van der Waals surface area contributed by atoms with Gasteiger partial charge in [0.25, 0.3) is 5.91 Å². The molecule has 3 rings (SSSR count). The minimum atomic E-state index is -0.224. The van der Waals surface area contributed by atoms with Crippen LogP contribution < -0.4 is 20.1 Å². The third-order valence-corrected chi connectivity index (χ3v) is 5.63. The van der Waals surface area contributed by atoms with Crippen LogP contribution in [0.3, 0.4) is 0 Å². The molecule has 0 radical (unpaired) electrons. The van der Waals surface area contributed by atoms with Crippen molar-refractivity contribution < 1.29 is 14.3 Å². The Morgan fingerprint density at radius 3 is 2.45 bits per heavy atom. The Hall–Kier alpha value is -3.18. The molecule has 6 heteroatoms. The first-order valence-electron chi connectivity index (χ1n) is 10.0. The van der Waals surface area contributed by atoms with Crippen LogP contribution in [-0.4, -0.2) is 19.6 Å². The zero-order chi connectivity index (χ0) is 22.4. The molecule has 1 amide bonds. The van der Waals surface area contributed by atoms with Crippen LogP contribution in [0.2, 0.25) is 5.02 Å². The van der Waals surface area contributed by atoms with E-state index in [1.807, 2.05) is 75.4 Å².